The zero-order valence-corrected chi connectivity index (χ0v) is 11.8. The average molecular weight is 307 g/mol. The Kier molecular flexibility index (Phi) is 4.15. The minimum absolute atomic E-state index is 0.0739. The molecule has 0 unspecified atom stereocenters. The first-order valence-corrected chi connectivity index (χ1v) is 6.13. The SMILES string of the molecule is CNC(=O)c1nn(C)cc1NC(=O)Cn1cc([N+](=O)[O-])cn1. The van der Waals surface area contributed by atoms with Crippen molar-refractivity contribution in [3.05, 3.63) is 34.4 Å². The van der Waals surface area contributed by atoms with Crippen LogP contribution < -0.4 is 10.6 Å². The van der Waals surface area contributed by atoms with Gasteiger partial charge in [-0.2, -0.15) is 10.2 Å². The third-order valence-electron chi connectivity index (χ3n) is 2.68. The second-order valence-corrected chi connectivity index (χ2v) is 4.35. The van der Waals surface area contributed by atoms with Gasteiger partial charge in [-0.05, 0) is 0 Å². The predicted octanol–water partition coefficient (Wildman–Crippen LogP) is -0.477. The van der Waals surface area contributed by atoms with Crippen LogP contribution in [0.15, 0.2) is 18.6 Å². The number of nitro groups is 1. The molecule has 0 bridgehead atoms. The van der Waals surface area contributed by atoms with Gasteiger partial charge < -0.3 is 10.6 Å². The molecule has 0 radical (unpaired) electrons. The van der Waals surface area contributed by atoms with Crippen LogP contribution in [-0.2, 0) is 18.4 Å². The fourth-order valence-electron chi connectivity index (χ4n) is 1.74. The van der Waals surface area contributed by atoms with Gasteiger partial charge in [0.25, 0.3) is 5.91 Å². The van der Waals surface area contributed by atoms with Gasteiger partial charge in [0.2, 0.25) is 5.91 Å². The lowest BCUT2D eigenvalue weighted by atomic mass is 10.3. The van der Waals surface area contributed by atoms with Gasteiger partial charge in [-0.25, -0.2) is 0 Å². The molecule has 0 atom stereocenters. The summed E-state index contributed by atoms with van der Waals surface area (Å²) in [6.07, 6.45) is 3.67. The Morgan fingerprint density at radius 3 is 2.73 bits per heavy atom. The Labute approximate surface area is 124 Å². The predicted molar refractivity (Wildman–Crippen MR) is 74.1 cm³/mol. The molecule has 2 aromatic heterocycles. The lowest BCUT2D eigenvalue weighted by molar-refractivity contribution is -0.385. The third kappa shape index (κ3) is 3.26. The van der Waals surface area contributed by atoms with Crippen molar-refractivity contribution in [3.63, 3.8) is 0 Å². The van der Waals surface area contributed by atoms with E-state index in [0.29, 0.717) is 0 Å². The van der Waals surface area contributed by atoms with Gasteiger partial charge in [0.05, 0.1) is 10.6 Å². The van der Waals surface area contributed by atoms with Crippen molar-refractivity contribution in [2.75, 3.05) is 12.4 Å². The molecular weight excluding hydrogens is 294 g/mol. The summed E-state index contributed by atoms with van der Waals surface area (Å²) in [5, 5.41) is 23.1. The second kappa shape index (κ2) is 6.03. The van der Waals surface area contributed by atoms with Crippen LogP contribution >= 0.6 is 0 Å². The lowest BCUT2D eigenvalue weighted by Gasteiger charge is -2.04. The van der Waals surface area contributed by atoms with Crippen molar-refractivity contribution in [1.82, 2.24) is 24.9 Å². The summed E-state index contributed by atoms with van der Waals surface area (Å²) < 4.78 is 2.52. The average Bonchev–Trinajstić information content (AvgIpc) is 3.05. The number of amides is 2. The summed E-state index contributed by atoms with van der Waals surface area (Å²) in [6.45, 7) is -0.226. The summed E-state index contributed by atoms with van der Waals surface area (Å²) >= 11 is 0. The van der Waals surface area contributed by atoms with Crippen LogP contribution in [0.1, 0.15) is 10.5 Å². The molecule has 0 fully saturated rings. The van der Waals surface area contributed by atoms with Gasteiger partial charge in [-0.15, -0.1) is 0 Å². The summed E-state index contributed by atoms with van der Waals surface area (Å²) in [7, 11) is 3.06. The molecule has 22 heavy (non-hydrogen) atoms. The number of nitrogens with zero attached hydrogens (tertiary/aromatic N) is 5. The largest absolute Gasteiger partial charge is 0.354 e. The fourth-order valence-corrected chi connectivity index (χ4v) is 1.74. The molecule has 11 nitrogen and oxygen atoms in total. The molecule has 2 N–H and O–H groups in total. The first-order chi connectivity index (χ1) is 10.4. The normalized spacial score (nSPS) is 10.3. The van der Waals surface area contributed by atoms with Gasteiger partial charge in [-0.3, -0.25) is 29.1 Å². The van der Waals surface area contributed by atoms with E-state index in [1.54, 1.807) is 7.05 Å². The van der Waals surface area contributed by atoms with Crippen LogP contribution in [0.3, 0.4) is 0 Å². The number of aryl methyl sites for hydroxylation is 1. The monoisotopic (exact) mass is 307 g/mol. The van der Waals surface area contributed by atoms with Gasteiger partial charge in [-0.1, -0.05) is 0 Å². The maximum absolute atomic E-state index is 11.9. The summed E-state index contributed by atoms with van der Waals surface area (Å²) in [5.74, 6) is -0.929. The van der Waals surface area contributed by atoms with E-state index in [-0.39, 0.29) is 23.6 Å². The van der Waals surface area contributed by atoms with E-state index < -0.39 is 16.7 Å². The molecule has 0 aliphatic rings. The first-order valence-electron chi connectivity index (χ1n) is 6.13. The van der Waals surface area contributed by atoms with Crippen LogP contribution in [0.2, 0.25) is 0 Å². The topological polar surface area (TPSA) is 137 Å². The highest BCUT2D eigenvalue weighted by Gasteiger charge is 2.17. The van der Waals surface area contributed by atoms with Crippen LogP contribution in [-0.4, -0.2) is 43.3 Å². The second-order valence-electron chi connectivity index (χ2n) is 4.35. The quantitative estimate of drug-likeness (QED) is 0.565. The van der Waals surface area contributed by atoms with E-state index >= 15 is 0 Å². The molecule has 2 rings (SSSR count). The Balaban J connectivity index is 2.08. The van der Waals surface area contributed by atoms with Gasteiger partial charge >= 0.3 is 5.69 Å². The van der Waals surface area contributed by atoms with E-state index in [1.807, 2.05) is 0 Å². The third-order valence-corrected chi connectivity index (χ3v) is 2.68. The Morgan fingerprint density at radius 1 is 1.41 bits per heavy atom. The summed E-state index contributed by atoms with van der Waals surface area (Å²) in [4.78, 5) is 33.5. The number of anilines is 1. The van der Waals surface area contributed by atoms with Gasteiger partial charge in [0, 0.05) is 20.3 Å². The number of hydrogen-bond donors (Lipinski definition) is 2. The zero-order chi connectivity index (χ0) is 16.3. The van der Waals surface area contributed by atoms with Crippen molar-refractivity contribution in [1.29, 1.82) is 0 Å². The Hall–Kier alpha value is -3.24. The van der Waals surface area contributed by atoms with E-state index in [2.05, 4.69) is 20.8 Å². The van der Waals surface area contributed by atoms with Crippen LogP contribution in [0, 0.1) is 10.1 Å². The smallest absolute Gasteiger partial charge is 0.307 e. The van der Waals surface area contributed by atoms with Crippen LogP contribution in [0.4, 0.5) is 11.4 Å². The molecule has 0 spiro atoms. The van der Waals surface area contributed by atoms with E-state index in [9.17, 15) is 19.7 Å². The molecule has 2 amide bonds. The van der Waals surface area contributed by atoms with Gasteiger partial charge in [0.15, 0.2) is 5.69 Å². The van der Waals surface area contributed by atoms with Crippen molar-refractivity contribution in [2.24, 2.45) is 7.05 Å². The summed E-state index contributed by atoms with van der Waals surface area (Å²) in [5.41, 5.74) is 0.110. The highest BCUT2D eigenvalue weighted by atomic mass is 16.6. The number of carbonyl (C=O) groups excluding carboxylic acids is 2. The van der Waals surface area contributed by atoms with Gasteiger partial charge in [0.1, 0.15) is 18.9 Å². The van der Waals surface area contributed by atoms with E-state index in [4.69, 9.17) is 0 Å². The Bertz CT molecular complexity index is 733. The summed E-state index contributed by atoms with van der Waals surface area (Å²) in [6, 6.07) is 0. The van der Waals surface area contributed by atoms with Crippen molar-refractivity contribution in [3.8, 4) is 0 Å². The Morgan fingerprint density at radius 2 is 2.14 bits per heavy atom. The number of hydrogen-bond acceptors (Lipinski definition) is 6. The number of aromatic nitrogens is 4. The van der Waals surface area contributed by atoms with Crippen molar-refractivity contribution in [2.45, 2.75) is 6.54 Å². The molecule has 0 saturated heterocycles. The molecule has 0 aliphatic carbocycles. The molecule has 2 aromatic rings. The maximum Gasteiger partial charge on any atom is 0.307 e. The van der Waals surface area contributed by atoms with Crippen LogP contribution in [0.5, 0.6) is 0 Å². The minimum Gasteiger partial charge on any atom is -0.354 e. The van der Waals surface area contributed by atoms with E-state index in [0.717, 1.165) is 17.1 Å². The standard InChI is InChI=1S/C11H13N7O4/c1-12-11(20)10-8(5-16(2)15-10)14-9(19)6-17-4-7(3-13-17)18(21)22/h3-5H,6H2,1-2H3,(H,12,20)(H,14,19). The molecule has 0 saturated carbocycles. The molecular formula is C11H13N7O4. The molecule has 116 valence electrons. The number of carbonyl (C=O) groups is 2. The highest BCUT2D eigenvalue weighted by Crippen LogP contribution is 2.13. The maximum atomic E-state index is 11.9. The molecule has 0 aromatic carbocycles. The number of rotatable bonds is 5. The van der Waals surface area contributed by atoms with Crippen molar-refractivity contribution >= 4 is 23.2 Å². The molecule has 11 heteroatoms. The zero-order valence-electron chi connectivity index (χ0n) is 11.8. The fraction of sp³-hybridized carbons (Fsp3) is 0.273. The van der Waals surface area contributed by atoms with E-state index in [1.165, 1.54) is 17.9 Å². The highest BCUT2D eigenvalue weighted by molar-refractivity contribution is 6.02. The minimum atomic E-state index is -0.605. The van der Waals surface area contributed by atoms with Crippen LogP contribution in [0.25, 0.3) is 0 Å². The molecule has 2 heterocycles. The first kappa shape index (κ1) is 15.2. The lowest BCUT2D eigenvalue weighted by Crippen LogP contribution is -2.23. The number of nitrogens with one attached hydrogen (secondary N) is 2. The van der Waals surface area contributed by atoms with Crippen molar-refractivity contribution < 1.29 is 14.5 Å². The molecule has 0 aliphatic heterocycles.